The highest BCUT2D eigenvalue weighted by Crippen LogP contribution is 2.34. The summed E-state index contributed by atoms with van der Waals surface area (Å²) in [5.74, 6) is -1.46. The minimum Gasteiger partial charge on any atom is -0.326 e. The van der Waals surface area contributed by atoms with Crippen molar-refractivity contribution < 1.29 is 19.3 Å². The summed E-state index contributed by atoms with van der Waals surface area (Å²) >= 11 is 0. The van der Waals surface area contributed by atoms with E-state index in [1.807, 2.05) is 26.0 Å². The fraction of sp³-hybridized carbons (Fsp3) is 0.160. The number of nitrogens with zero attached hydrogens (tertiary/aromatic N) is 2. The highest BCUT2D eigenvalue weighted by molar-refractivity contribution is 6.17. The van der Waals surface area contributed by atoms with Crippen molar-refractivity contribution in [3.05, 3.63) is 93.5 Å². The number of nitro groups is 1. The number of hydrogen-bond donors (Lipinski definition) is 2. The molecule has 3 amide bonds. The minimum absolute atomic E-state index is 0.155. The van der Waals surface area contributed by atoms with Gasteiger partial charge in [-0.2, -0.15) is 0 Å². The third-order valence-electron chi connectivity index (χ3n) is 5.75. The Labute approximate surface area is 195 Å². The molecule has 3 aromatic carbocycles. The van der Waals surface area contributed by atoms with Crippen molar-refractivity contribution in [1.82, 2.24) is 0 Å². The molecule has 4 rings (SSSR count). The number of rotatable bonds is 5. The van der Waals surface area contributed by atoms with Crippen LogP contribution in [0.3, 0.4) is 0 Å². The number of anilines is 3. The monoisotopic (exact) mass is 458 g/mol. The fourth-order valence-electron chi connectivity index (χ4n) is 3.80. The van der Waals surface area contributed by atoms with Gasteiger partial charge in [0.25, 0.3) is 11.6 Å². The predicted molar refractivity (Wildman–Crippen MR) is 128 cm³/mol. The van der Waals surface area contributed by atoms with Gasteiger partial charge in [0.2, 0.25) is 11.8 Å². The van der Waals surface area contributed by atoms with Crippen LogP contribution in [0.4, 0.5) is 22.7 Å². The van der Waals surface area contributed by atoms with Gasteiger partial charge >= 0.3 is 0 Å². The molecule has 1 atom stereocenters. The summed E-state index contributed by atoms with van der Waals surface area (Å²) in [6.07, 6.45) is -0.272. The maximum Gasteiger partial charge on any atom is 0.269 e. The van der Waals surface area contributed by atoms with Crippen molar-refractivity contribution in [2.24, 2.45) is 0 Å². The third kappa shape index (κ3) is 4.49. The lowest BCUT2D eigenvalue weighted by Crippen LogP contribution is -2.52. The van der Waals surface area contributed by atoms with Gasteiger partial charge in [0.15, 0.2) is 0 Å². The van der Waals surface area contributed by atoms with E-state index in [4.69, 9.17) is 0 Å². The molecule has 34 heavy (non-hydrogen) atoms. The highest BCUT2D eigenvalue weighted by atomic mass is 16.6. The highest BCUT2D eigenvalue weighted by Gasteiger charge is 2.38. The maximum atomic E-state index is 13.5. The Kier molecular flexibility index (Phi) is 6.09. The summed E-state index contributed by atoms with van der Waals surface area (Å²) in [6.45, 7) is 3.90. The number of carbonyl (C=O) groups is 3. The minimum atomic E-state index is -1.11. The van der Waals surface area contributed by atoms with Crippen LogP contribution >= 0.6 is 0 Å². The van der Waals surface area contributed by atoms with Crippen LogP contribution in [0, 0.1) is 24.0 Å². The van der Waals surface area contributed by atoms with Gasteiger partial charge < -0.3 is 10.6 Å². The third-order valence-corrected chi connectivity index (χ3v) is 5.75. The molecule has 0 saturated carbocycles. The van der Waals surface area contributed by atoms with E-state index in [9.17, 15) is 24.5 Å². The number of aryl methyl sites for hydroxylation is 2. The molecule has 0 aliphatic carbocycles. The first-order chi connectivity index (χ1) is 16.2. The first kappa shape index (κ1) is 22.7. The number of non-ortho nitro benzene ring substituents is 1. The van der Waals surface area contributed by atoms with Gasteiger partial charge in [-0.05, 0) is 61.4 Å². The summed E-state index contributed by atoms with van der Waals surface area (Å²) in [6, 6.07) is 16.3. The molecule has 172 valence electrons. The van der Waals surface area contributed by atoms with Crippen LogP contribution in [0.25, 0.3) is 0 Å². The molecule has 0 radical (unpaired) electrons. The lowest BCUT2D eigenvalue weighted by atomic mass is 10.0. The standard InChI is InChI=1S/C25H22N4O5/c1-15-7-10-18(13-16(15)2)26-23(30)14-22-24(31)27-20-5-3-4-6-21(20)28(22)25(32)17-8-11-19(12-9-17)29(33)34/h3-13,22H,14H2,1-2H3,(H,26,30)(H,27,31)/t22-/m0/s1. The molecule has 1 heterocycles. The quantitative estimate of drug-likeness (QED) is 0.438. The Morgan fingerprint density at radius 1 is 1.03 bits per heavy atom. The van der Waals surface area contributed by atoms with E-state index < -0.39 is 28.7 Å². The Hall–Kier alpha value is -4.53. The largest absolute Gasteiger partial charge is 0.326 e. The second-order valence-corrected chi connectivity index (χ2v) is 8.05. The van der Waals surface area contributed by atoms with Crippen molar-refractivity contribution in [1.29, 1.82) is 0 Å². The summed E-state index contributed by atoms with van der Waals surface area (Å²) in [4.78, 5) is 51.0. The molecule has 3 aromatic rings. The zero-order valence-corrected chi connectivity index (χ0v) is 18.6. The van der Waals surface area contributed by atoms with E-state index in [0.29, 0.717) is 17.1 Å². The second-order valence-electron chi connectivity index (χ2n) is 8.05. The Morgan fingerprint density at radius 3 is 2.41 bits per heavy atom. The number of amides is 3. The van der Waals surface area contributed by atoms with Crippen LogP contribution in [0.15, 0.2) is 66.7 Å². The van der Waals surface area contributed by atoms with Crippen molar-refractivity contribution in [2.75, 3.05) is 15.5 Å². The fourth-order valence-corrected chi connectivity index (χ4v) is 3.80. The van der Waals surface area contributed by atoms with Gasteiger partial charge in [0, 0.05) is 23.4 Å². The molecule has 0 spiro atoms. The summed E-state index contributed by atoms with van der Waals surface area (Å²) in [5, 5.41) is 16.5. The van der Waals surface area contributed by atoms with Crippen molar-refractivity contribution in [2.45, 2.75) is 26.3 Å². The summed E-state index contributed by atoms with van der Waals surface area (Å²) < 4.78 is 0. The van der Waals surface area contributed by atoms with Gasteiger partial charge in [-0.1, -0.05) is 18.2 Å². The maximum absolute atomic E-state index is 13.5. The average Bonchev–Trinajstić information content (AvgIpc) is 2.81. The zero-order chi connectivity index (χ0) is 24.4. The smallest absolute Gasteiger partial charge is 0.269 e. The van der Waals surface area contributed by atoms with Gasteiger partial charge in [0.1, 0.15) is 6.04 Å². The second kappa shape index (κ2) is 9.14. The Bertz CT molecular complexity index is 1300. The molecule has 1 aliphatic rings. The molecule has 0 bridgehead atoms. The van der Waals surface area contributed by atoms with E-state index in [-0.39, 0.29) is 17.7 Å². The summed E-state index contributed by atoms with van der Waals surface area (Å²) in [7, 11) is 0. The molecular formula is C25H22N4O5. The number of nitro benzene ring substituents is 1. The van der Waals surface area contributed by atoms with Crippen LogP contribution in [0.2, 0.25) is 0 Å². The van der Waals surface area contributed by atoms with Gasteiger partial charge in [-0.3, -0.25) is 29.4 Å². The molecule has 0 fully saturated rings. The van der Waals surface area contributed by atoms with E-state index >= 15 is 0 Å². The van der Waals surface area contributed by atoms with Crippen molar-refractivity contribution >= 4 is 40.5 Å². The number of benzene rings is 3. The zero-order valence-electron chi connectivity index (χ0n) is 18.6. The van der Waals surface area contributed by atoms with Crippen LogP contribution in [-0.4, -0.2) is 28.7 Å². The topological polar surface area (TPSA) is 122 Å². The first-order valence-corrected chi connectivity index (χ1v) is 10.6. The molecule has 0 unspecified atom stereocenters. The van der Waals surface area contributed by atoms with Gasteiger partial charge in [-0.15, -0.1) is 0 Å². The first-order valence-electron chi connectivity index (χ1n) is 10.6. The van der Waals surface area contributed by atoms with E-state index in [1.165, 1.54) is 29.2 Å². The molecular weight excluding hydrogens is 436 g/mol. The Balaban J connectivity index is 1.64. The predicted octanol–water partition coefficient (Wildman–Crippen LogP) is 4.21. The average molecular weight is 458 g/mol. The van der Waals surface area contributed by atoms with E-state index in [1.54, 1.807) is 30.3 Å². The molecule has 9 nitrogen and oxygen atoms in total. The van der Waals surface area contributed by atoms with Crippen molar-refractivity contribution in [3.63, 3.8) is 0 Å². The number of para-hydroxylation sites is 2. The molecule has 0 saturated heterocycles. The lowest BCUT2D eigenvalue weighted by Gasteiger charge is -2.36. The van der Waals surface area contributed by atoms with E-state index in [0.717, 1.165) is 11.1 Å². The Morgan fingerprint density at radius 2 is 1.74 bits per heavy atom. The molecule has 2 N–H and O–H groups in total. The van der Waals surface area contributed by atoms with E-state index in [2.05, 4.69) is 10.6 Å². The van der Waals surface area contributed by atoms with Crippen LogP contribution in [0.5, 0.6) is 0 Å². The number of nitrogens with one attached hydrogen (secondary N) is 2. The molecule has 9 heteroatoms. The number of fused-ring (bicyclic) bond motifs is 1. The van der Waals surface area contributed by atoms with Gasteiger partial charge in [0.05, 0.1) is 22.7 Å². The van der Waals surface area contributed by atoms with Gasteiger partial charge in [-0.25, -0.2) is 0 Å². The van der Waals surface area contributed by atoms with Crippen LogP contribution in [-0.2, 0) is 9.59 Å². The number of carbonyl (C=O) groups excluding carboxylic acids is 3. The molecule has 1 aliphatic heterocycles. The number of hydrogen-bond acceptors (Lipinski definition) is 5. The lowest BCUT2D eigenvalue weighted by molar-refractivity contribution is -0.384. The van der Waals surface area contributed by atoms with Crippen LogP contribution in [0.1, 0.15) is 27.9 Å². The summed E-state index contributed by atoms with van der Waals surface area (Å²) in [5.41, 5.74) is 3.58. The van der Waals surface area contributed by atoms with Crippen LogP contribution < -0.4 is 15.5 Å². The SMILES string of the molecule is Cc1ccc(NC(=O)C[C@H]2C(=O)Nc3ccccc3N2C(=O)c2ccc([N+](=O)[O-])cc2)cc1C. The molecule has 0 aromatic heterocycles. The van der Waals surface area contributed by atoms with Crippen molar-refractivity contribution in [3.8, 4) is 0 Å². The normalized spacial score (nSPS) is 14.7.